The van der Waals surface area contributed by atoms with Gasteiger partial charge in [-0.15, -0.1) is 11.3 Å². The van der Waals surface area contributed by atoms with Gasteiger partial charge < -0.3 is 10.6 Å². The highest BCUT2D eigenvalue weighted by molar-refractivity contribution is 7.09. The molecule has 0 aromatic carbocycles. The van der Waals surface area contributed by atoms with E-state index in [1.807, 2.05) is 0 Å². The van der Waals surface area contributed by atoms with Crippen LogP contribution in [0.15, 0.2) is 39.3 Å². The number of rotatable bonds is 3. The third-order valence-electron chi connectivity index (χ3n) is 2.93. The van der Waals surface area contributed by atoms with Gasteiger partial charge in [-0.2, -0.15) is 11.3 Å². The number of aliphatic imine (C=N–C) groups is 1. The van der Waals surface area contributed by atoms with Crippen molar-refractivity contribution in [2.24, 2.45) is 10.7 Å². The Labute approximate surface area is 108 Å². The van der Waals surface area contributed by atoms with Gasteiger partial charge in [-0.25, -0.2) is 0 Å². The second-order valence-electron chi connectivity index (χ2n) is 3.98. The lowest BCUT2D eigenvalue weighted by Crippen LogP contribution is -2.35. The summed E-state index contributed by atoms with van der Waals surface area (Å²) in [6.45, 7) is 1.63. The van der Waals surface area contributed by atoms with Crippen molar-refractivity contribution in [3.63, 3.8) is 0 Å². The van der Waals surface area contributed by atoms with E-state index in [1.165, 1.54) is 10.4 Å². The molecular formula is C12H13N3S2. The second-order valence-corrected chi connectivity index (χ2v) is 5.79. The van der Waals surface area contributed by atoms with E-state index in [2.05, 4.69) is 44.2 Å². The van der Waals surface area contributed by atoms with E-state index in [4.69, 9.17) is 5.73 Å². The zero-order valence-electron chi connectivity index (χ0n) is 9.24. The Morgan fingerprint density at radius 2 is 2.35 bits per heavy atom. The minimum absolute atomic E-state index is 0.309. The summed E-state index contributed by atoms with van der Waals surface area (Å²) in [5, 5.41) is 6.38. The normalized spacial score (nSPS) is 19.6. The van der Waals surface area contributed by atoms with E-state index in [9.17, 15) is 0 Å². The van der Waals surface area contributed by atoms with Crippen molar-refractivity contribution < 1.29 is 0 Å². The molecule has 0 saturated carbocycles. The quantitative estimate of drug-likeness (QED) is 0.925. The summed E-state index contributed by atoms with van der Waals surface area (Å²) in [5.41, 5.74) is 7.29. The molecule has 0 radical (unpaired) electrons. The van der Waals surface area contributed by atoms with Crippen LogP contribution in [0.3, 0.4) is 0 Å². The van der Waals surface area contributed by atoms with Crippen LogP contribution in [-0.4, -0.2) is 17.4 Å². The fourth-order valence-electron chi connectivity index (χ4n) is 2.04. The Hall–Kier alpha value is -1.33. The van der Waals surface area contributed by atoms with Crippen LogP contribution in [-0.2, 0) is 6.54 Å². The van der Waals surface area contributed by atoms with E-state index < -0.39 is 0 Å². The Bertz CT molecular complexity index is 502. The van der Waals surface area contributed by atoms with Gasteiger partial charge in [0.2, 0.25) is 0 Å². The molecule has 0 bridgehead atoms. The fraction of sp³-hybridized carbons (Fsp3) is 0.250. The largest absolute Gasteiger partial charge is 0.370 e. The van der Waals surface area contributed by atoms with Gasteiger partial charge >= 0.3 is 0 Å². The Balaban J connectivity index is 1.82. The first kappa shape index (κ1) is 10.8. The Morgan fingerprint density at radius 1 is 1.41 bits per heavy atom. The zero-order chi connectivity index (χ0) is 11.7. The Kier molecular flexibility index (Phi) is 2.86. The van der Waals surface area contributed by atoms with Gasteiger partial charge in [0.25, 0.3) is 0 Å². The smallest absolute Gasteiger partial charge is 0.192 e. The molecule has 0 fully saturated rings. The van der Waals surface area contributed by atoms with Crippen molar-refractivity contribution in [3.05, 3.63) is 44.8 Å². The number of thiophene rings is 2. The first-order valence-corrected chi connectivity index (χ1v) is 7.28. The summed E-state index contributed by atoms with van der Waals surface area (Å²) in [6.07, 6.45) is 0. The molecule has 88 valence electrons. The van der Waals surface area contributed by atoms with Crippen molar-refractivity contribution >= 4 is 28.6 Å². The first-order valence-electron chi connectivity index (χ1n) is 5.45. The summed E-state index contributed by atoms with van der Waals surface area (Å²) in [7, 11) is 0. The molecule has 1 atom stereocenters. The third kappa shape index (κ3) is 2.08. The number of nitrogens with two attached hydrogens (primary N) is 1. The molecular weight excluding hydrogens is 250 g/mol. The molecule has 2 aromatic rings. The molecule has 17 heavy (non-hydrogen) atoms. The molecule has 2 aromatic heterocycles. The zero-order valence-corrected chi connectivity index (χ0v) is 10.9. The van der Waals surface area contributed by atoms with Gasteiger partial charge in [0.15, 0.2) is 5.96 Å². The lowest BCUT2D eigenvalue weighted by Gasteiger charge is -2.25. The number of nitrogens with zero attached hydrogens (tertiary/aromatic N) is 2. The summed E-state index contributed by atoms with van der Waals surface area (Å²) >= 11 is 3.48. The number of hydrogen-bond acceptors (Lipinski definition) is 5. The molecule has 2 N–H and O–H groups in total. The van der Waals surface area contributed by atoms with Gasteiger partial charge in [0.1, 0.15) is 0 Å². The standard InChI is InChI=1S/C12H13N3S2/c13-12-14-6-11(9-3-5-16-8-9)15(12)7-10-2-1-4-17-10/h1-5,8,11H,6-7H2,(H2,13,14). The second kappa shape index (κ2) is 4.50. The highest BCUT2D eigenvalue weighted by Gasteiger charge is 2.27. The molecule has 1 unspecified atom stereocenters. The van der Waals surface area contributed by atoms with Crippen molar-refractivity contribution in [1.82, 2.24) is 4.90 Å². The highest BCUT2D eigenvalue weighted by atomic mass is 32.1. The van der Waals surface area contributed by atoms with Crippen LogP contribution in [0.5, 0.6) is 0 Å². The molecule has 0 aliphatic carbocycles. The lowest BCUT2D eigenvalue weighted by atomic mass is 10.1. The molecule has 3 rings (SSSR count). The average molecular weight is 263 g/mol. The molecule has 3 heterocycles. The van der Waals surface area contributed by atoms with Crippen LogP contribution in [0.1, 0.15) is 16.5 Å². The third-order valence-corrected chi connectivity index (χ3v) is 4.49. The SMILES string of the molecule is NC1=NCC(c2ccsc2)N1Cc1cccs1. The molecule has 1 aliphatic heterocycles. The maximum atomic E-state index is 5.98. The predicted molar refractivity (Wildman–Crippen MR) is 73.4 cm³/mol. The van der Waals surface area contributed by atoms with Crippen molar-refractivity contribution in [2.75, 3.05) is 6.54 Å². The molecule has 0 saturated heterocycles. The summed E-state index contributed by atoms with van der Waals surface area (Å²) in [5.74, 6) is 0.662. The van der Waals surface area contributed by atoms with Crippen LogP contribution >= 0.6 is 22.7 Å². The predicted octanol–water partition coefficient (Wildman–Crippen LogP) is 2.68. The molecule has 3 nitrogen and oxygen atoms in total. The van der Waals surface area contributed by atoms with Crippen LogP contribution in [0.4, 0.5) is 0 Å². The maximum Gasteiger partial charge on any atom is 0.192 e. The average Bonchev–Trinajstić information content (AvgIpc) is 3.03. The molecule has 5 heteroatoms. The van der Waals surface area contributed by atoms with E-state index in [1.54, 1.807) is 22.7 Å². The summed E-state index contributed by atoms with van der Waals surface area (Å²) < 4.78 is 0. The van der Waals surface area contributed by atoms with Gasteiger partial charge in [0.05, 0.1) is 19.1 Å². The van der Waals surface area contributed by atoms with Crippen LogP contribution in [0.25, 0.3) is 0 Å². The van der Waals surface area contributed by atoms with Crippen LogP contribution in [0, 0.1) is 0 Å². The fourth-order valence-corrected chi connectivity index (χ4v) is 3.45. The van der Waals surface area contributed by atoms with Gasteiger partial charge in [-0.05, 0) is 33.8 Å². The van der Waals surface area contributed by atoms with Crippen LogP contribution in [0.2, 0.25) is 0 Å². The number of guanidine groups is 1. The minimum atomic E-state index is 0.309. The molecule has 0 spiro atoms. The van der Waals surface area contributed by atoms with Crippen molar-refractivity contribution in [2.45, 2.75) is 12.6 Å². The monoisotopic (exact) mass is 263 g/mol. The van der Waals surface area contributed by atoms with Gasteiger partial charge in [-0.3, -0.25) is 4.99 Å². The van der Waals surface area contributed by atoms with E-state index >= 15 is 0 Å². The summed E-state index contributed by atoms with van der Waals surface area (Å²) in [4.78, 5) is 7.88. The van der Waals surface area contributed by atoms with E-state index in [0.717, 1.165) is 13.1 Å². The Morgan fingerprint density at radius 3 is 3.06 bits per heavy atom. The van der Waals surface area contributed by atoms with E-state index in [-0.39, 0.29) is 0 Å². The maximum absolute atomic E-state index is 5.98. The molecule has 0 amide bonds. The van der Waals surface area contributed by atoms with E-state index in [0.29, 0.717) is 12.0 Å². The summed E-state index contributed by atoms with van der Waals surface area (Å²) in [6, 6.07) is 6.68. The first-order chi connectivity index (χ1) is 8.34. The lowest BCUT2D eigenvalue weighted by molar-refractivity contribution is 0.344. The van der Waals surface area contributed by atoms with Gasteiger partial charge in [-0.1, -0.05) is 6.07 Å². The molecule has 1 aliphatic rings. The van der Waals surface area contributed by atoms with Gasteiger partial charge in [0, 0.05) is 4.88 Å². The van der Waals surface area contributed by atoms with Crippen molar-refractivity contribution in [3.8, 4) is 0 Å². The minimum Gasteiger partial charge on any atom is -0.370 e. The topological polar surface area (TPSA) is 41.6 Å². The van der Waals surface area contributed by atoms with Crippen molar-refractivity contribution in [1.29, 1.82) is 0 Å². The highest BCUT2D eigenvalue weighted by Crippen LogP contribution is 2.29. The number of hydrogen-bond donors (Lipinski definition) is 1. The van der Waals surface area contributed by atoms with Crippen LogP contribution < -0.4 is 5.73 Å².